The van der Waals surface area contributed by atoms with E-state index in [0.717, 1.165) is 29.1 Å². The Morgan fingerprint density at radius 2 is 2.04 bits per heavy atom. The first-order chi connectivity index (χ1) is 12.3. The highest BCUT2D eigenvalue weighted by Crippen LogP contribution is 2.24. The third-order valence-electron chi connectivity index (χ3n) is 4.59. The van der Waals surface area contributed by atoms with E-state index in [1.54, 1.807) is 11.3 Å². The quantitative estimate of drug-likeness (QED) is 0.585. The van der Waals surface area contributed by atoms with Gasteiger partial charge in [0.1, 0.15) is 5.01 Å². The Hall–Kier alpha value is -1.14. The van der Waals surface area contributed by atoms with Crippen molar-refractivity contribution in [2.75, 3.05) is 26.2 Å². The molecule has 0 aliphatic carbocycles. The second kappa shape index (κ2) is 9.70. The fourth-order valence-electron chi connectivity index (χ4n) is 3.16. The summed E-state index contributed by atoms with van der Waals surface area (Å²) in [7, 11) is 0. The Morgan fingerprint density at radius 1 is 1.35 bits per heavy atom. The zero-order valence-electron chi connectivity index (χ0n) is 17.4. The minimum Gasteiger partial charge on any atom is -0.357 e. The zero-order valence-corrected chi connectivity index (χ0v) is 18.2. The molecule has 0 radical (unpaired) electrons. The van der Waals surface area contributed by atoms with Crippen LogP contribution in [-0.4, -0.2) is 48.1 Å². The normalized spacial score (nSPS) is 17.7. The molecule has 0 atom stereocenters. The molecule has 1 aliphatic heterocycles. The molecule has 1 aromatic heterocycles. The van der Waals surface area contributed by atoms with E-state index in [9.17, 15) is 0 Å². The van der Waals surface area contributed by atoms with Gasteiger partial charge >= 0.3 is 0 Å². The molecule has 148 valence electrons. The van der Waals surface area contributed by atoms with Crippen LogP contribution in [0.1, 0.15) is 65.1 Å². The van der Waals surface area contributed by atoms with Crippen LogP contribution in [0.25, 0.3) is 0 Å². The fourth-order valence-corrected chi connectivity index (χ4v) is 4.11. The van der Waals surface area contributed by atoms with Crippen LogP contribution in [0, 0.1) is 5.92 Å². The number of hydrogen-bond donors (Lipinski definition) is 2. The summed E-state index contributed by atoms with van der Waals surface area (Å²) in [6.45, 7) is 18.4. The topological polar surface area (TPSA) is 52.6 Å². The van der Waals surface area contributed by atoms with Crippen LogP contribution in [0.5, 0.6) is 0 Å². The predicted molar refractivity (Wildman–Crippen MR) is 113 cm³/mol. The van der Waals surface area contributed by atoms with Gasteiger partial charge in [-0.2, -0.15) is 0 Å². The molecule has 2 rings (SSSR count). The number of piperidine rings is 1. The van der Waals surface area contributed by atoms with Gasteiger partial charge in [0.15, 0.2) is 5.96 Å². The van der Waals surface area contributed by atoms with Crippen LogP contribution in [0.15, 0.2) is 10.4 Å². The standard InChI is InChI=1S/C20H37N5S/c1-7-21-19(22-12-18-24-17(14-26-18)20(4,5)6)23-16-8-10-25(11-9-16)13-15(2)3/h14-16H,7-13H2,1-6H3,(H2,21,22,23). The number of thiazole rings is 1. The van der Waals surface area contributed by atoms with Crippen molar-refractivity contribution in [2.24, 2.45) is 10.9 Å². The molecule has 1 aromatic rings. The number of guanidine groups is 1. The number of likely N-dealkylation sites (tertiary alicyclic amines) is 1. The van der Waals surface area contributed by atoms with E-state index in [-0.39, 0.29) is 5.41 Å². The lowest BCUT2D eigenvalue weighted by atomic mass is 9.93. The smallest absolute Gasteiger partial charge is 0.191 e. The van der Waals surface area contributed by atoms with Gasteiger partial charge in [-0.3, -0.25) is 0 Å². The molecule has 1 saturated heterocycles. The molecular weight excluding hydrogens is 342 g/mol. The molecule has 2 heterocycles. The van der Waals surface area contributed by atoms with Crippen LogP contribution < -0.4 is 10.6 Å². The number of nitrogens with zero attached hydrogens (tertiary/aromatic N) is 3. The first-order valence-corrected chi connectivity index (χ1v) is 10.9. The van der Waals surface area contributed by atoms with Gasteiger partial charge in [-0.1, -0.05) is 34.6 Å². The van der Waals surface area contributed by atoms with Crippen molar-refractivity contribution in [2.45, 2.75) is 72.4 Å². The van der Waals surface area contributed by atoms with Crippen molar-refractivity contribution in [3.05, 3.63) is 16.1 Å². The summed E-state index contributed by atoms with van der Waals surface area (Å²) >= 11 is 1.71. The van der Waals surface area contributed by atoms with E-state index < -0.39 is 0 Å². The van der Waals surface area contributed by atoms with Crippen molar-refractivity contribution in [3.63, 3.8) is 0 Å². The van der Waals surface area contributed by atoms with Crippen LogP contribution in [0.2, 0.25) is 0 Å². The SMILES string of the molecule is CCNC(=NCc1nc(C(C)(C)C)cs1)NC1CCN(CC(C)C)CC1. The molecule has 0 saturated carbocycles. The first kappa shape index (κ1) is 21.2. The fraction of sp³-hybridized carbons (Fsp3) is 0.800. The summed E-state index contributed by atoms with van der Waals surface area (Å²) in [5.74, 6) is 1.66. The second-order valence-corrected chi connectivity index (χ2v) is 9.63. The van der Waals surface area contributed by atoms with E-state index in [2.05, 4.69) is 62.5 Å². The molecule has 6 heteroatoms. The predicted octanol–water partition coefficient (Wildman–Crippen LogP) is 3.62. The van der Waals surface area contributed by atoms with Gasteiger partial charge in [0.25, 0.3) is 0 Å². The molecule has 0 bridgehead atoms. The molecule has 1 aliphatic rings. The molecule has 0 aromatic carbocycles. The van der Waals surface area contributed by atoms with E-state index in [1.165, 1.54) is 32.5 Å². The van der Waals surface area contributed by atoms with Gasteiger partial charge < -0.3 is 15.5 Å². The van der Waals surface area contributed by atoms with E-state index >= 15 is 0 Å². The van der Waals surface area contributed by atoms with E-state index in [1.807, 2.05) is 0 Å². The molecule has 0 unspecified atom stereocenters. The summed E-state index contributed by atoms with van der Waals surface area (Å²) in [6, 6.07) is 0.512. The maximum Gasteiger partial charge on any atom is 0.191 e. The lowest BCUT2D eigenvalue weighted by Gasteiger charge is -2.34. The second-order valence-electron chi connectivity index (χ2n) is 8.68. The van der Waals surface area contributed by atoms with Crippen molar-refractivity contribution in [1.29, 1.82) is 0 Å². The number of nitrogens with one attached hydrogen (secondary N) is 2. The van der Waals surface area contributed by atoms with Gasteiger partial charge in [0.05, 0.1) is 12.2 Å². The highest BCUT2D eigenvalue weighted by Gasteiger charge is 2.20. The van der Waals surface area contributed by atoms with Gasteiger partial charge in [0, 0.05) is 43.0 Å². The van der Waals surface area contributed by atoms with Gasteiger partial charge in [-0.25, -0.2) is 9.98 Å². The van der Waals surface area contributed by atoms with Crippen LogP contribution >= 0.6 is 11.3 Å². The van der Waals surface area contributed by atoms with E-state index in [0.29, 0.717) is 12.6 Å². The summed E-state index contributed by atoms with van der Waals surface area (Å²) in [5.41, 5.74) is 1.26. The van der Waals surface area contributed by atoms with Crippen molar-refractivity contribution in [3.8, 4) is 0 Å². The van der Waals surface area contributed by atoms with Gasteiger partial charge in [-0.05, 0) is 25.7 Å². The van der Waals surface area contributed by atoms with Crippen molar-refractivity contribution >= 4 is 17.3 Å². The molecule has 0 spiro atoms. The highest BCUT2D eigenvalue weighted by atomic mass is 32.1. The number of aliphatic imine (C=N–C) groups is 1. The van der Waals surface area contributed by atoms with E-state index in [4.69, 9.17) is 9.98 Å². The summed E-state index contributed by atoms with van der Waals surface area (Å²) < 4.78 is 0. The lowest BCUT2D eigenvalue weighted by Crippen LogP contribution is -2.49. The van der Waals surface area contributed by atoms with Crippen LogP contribution in [0.4, 0.5) is 0 Å². The Morgan fingerprint density at radius 3 is 2.58 bits per heavy atom. The summed E-state index contributed by atoms with van der Waals surface area (Å²) in [5, 5.41) is 10.3. The molecule has 2 N–H and O–H groups in total. The van der Waals surface area contributed by atoms with Crippen LogP contribution in [0.3, 0.4) is 0 Å². The number of rotatable bonds is 6. The first-order valence-electron chi connectivity index (χ1n) is 10.00. The zero-order chi connectivity index (χ0) is 19.2. The maximum absolute atomic E-state index is 4.77. The van der Waals surface area contributed by atoms with Crippen molar-refractivity contribution in [1.82, 2.24) is 20.5 Å². The monoisotopic (exact) mass is 379 g/mol. The Kier molecular flexibility index (Phi) is 7.89. The largest absolute Gasteiger partial charge is 0.357 e. The molecule has 0 amide bonds. The minimum absolute atomic E-state index is 0.102. The highest BCUT2D eigenvalue weighted by molar-refractivity contribution is 7.09. The summed E-state index contributed by atoms with van der Waals surface area (Å²) in [6.07, 6.45) is 2.37. The third-order valence-corrected chi connectivity index (χ3v) is 5.42. The third kappa shape index (κ3) is 6.88. The Bertz CT molecular complexity index is 565. The average Bonchev–Trinajstić information content (AvgIpc) is 3.03. The molecule has 5 nitrogen and oxygen atoms in total. The van der Waals surface area contributed by atoms with Gasteiger partial charge in [-0.15, -0.1) is 11.3 Å². The Balaban J connectivity index is 1.88. The molecular formula is C20H37N5S. The van der Waals surface area contributed by atoms with Gasteiger partial charge in [0.2, 0.25) is 0 Å². The Labute approximate surface area is 163 Å². The number of hydrogen-bond acceptors (Lipinski definition) is 4. The molecule has 26 heavy (non-hydrogen) atoms. The summed E-state index contributed by atoms with van der Waals surface area (Å²) in [4.78, 5) is 12.1. The minimum atomic E-state index is 0.102. The van der Waals surface area contributed by atoms with Crippen LogP contribution in [-0.2, 0) is 12.0 Å². The number of aromatic nitrogens is 1. The maximum atomic E-state index is 4.77. The average molecular weight is 380 g/mol. The van der Waals surface area contributed by atoms with Crippen molar-refractivity contribution < 1.29 is 0 Å². The lowest BCUT2D eigenvalue weighted by molar-refractivity contribution is 0.187. The molecule has 1 fully saturated rings.